The minimum Gasteiger partial charge on any atom is -0.264 e. The second kappa shape index (κ2) is 4.07. The molecule has 19 heavy (non-hydrogen) atoms. The fraction of sp³-hybridized carbons (Fsp3) is 0.500. The Bertz CT molecular complexity index is 647. The van der Waals surface area contributed by atoms with Crippen LogP contribution >= 0.6 is 0 Å². The van der Waals surface area contributed by atoms with Crippen LogP contribution in [0.1, 0.15) is 38.7 Å². The molecular weight excluding hydrogens is 260 g/mol. The lowest BCUT2D eigenvalue weighted by molar-refractivity contribution is 0.376. The molecular formula is C14H18N2O2S. The first-order valence-corrected chi connectivity index (χ1v) is 8.06. The molecule has 1 unspecified atom stereocenters. The zero-order valence-electron chi connectivity index (χ0n) is 11.2. The van der Waals surface area contributed by atoms with Crippen LogP contribution in [-0.2, 0) is 10.0 Å². The average Bonchev–Trinajstić information content (AvgIpc) is 2.79. The van der Waals surface area contributed by atoms with E-state index in [0.29, 0.717) is 21.7 Å². The summed E-state index contributed by atoms with van der Waals surface area (Å²) in [4.78, 5) is 4.97. The summed E-state index contributed by atoms with van der Waals surface area (Å²) in [5.41, 5.74) is 1.01. The van der Waals surface area contributed by atoms with Gasteiger partial charge in [-0.25, -0.2) is 8.42 Å². The van der Waals surface area contributed by atoms with Gasteiger partial charge in [0.05, 0.1) is 10.9 Å². The SMILES string of the molecule is CC1(C)CCC(N=C2NS(=O)(=O)c3ccccc32)C1. The number of aliphatic imine (C=N–C) groups is 1. The van der Waals surface area contributed by atoms with Gasteiger partial charge in [-0.1, -0.05) is 26.0 Å². The van der Waals surface area contributed by atoms with E-state index in [0.717, 1.165) is 19.3 Å². The van der Waals surface area contributed by atoms with Gasteiger partial charge in [0.2, 0.25) is 0 Å². The Labute approximate surface area is 114 Å². The molecule has 0 radical (unpaired) electrons. The van der Waals surface area contributed by atoms with E-state index in [-0.39, 0.29) is 6.04 Å². The maximum Gasteiger partial charge on any atom is 0.263 e. The number of sulfonamides is 1. The molecule has 2 aliphatic rings. The van der Waals surface area contributed by atoms with E-state index in [9.17, 15) is 8.42 Å². The zero-order valence-corrected chi connectivity index (χ0v) is 12.0. The summed E-state index contributed by atoms with van der Waals surface area (Å²) < 4.78 is 26.5. The van der Waals surface area contributed by atoms with Crippen molar-refractivity contribution in [1.82, 2.24) is 4.72 Å². The molecule has 0 aromatic heterocycles. The third kappa shape index (κ3) is 2.27. The number of benzene rings is 1. The van der Waals surface area contributed by atoms with E-state index in [4.69, 9.17) is 0 Å². The first-order valence-electron chi connectivity index (χ1n) is 6.57. The fourth-order valence-corrected chi connectivity index (χ4v) is 4.16. The minimum atomic E-state index is -3.41. The molecule has 1 fully saturated rings. The van der Waals surface area contributed by atoms with Gasteiger partial charge in [0, 0.05) is 5.56 Å². The van der Waals surface area contributed by atoms with Crippen LogP contribution in [0.2, 0.25) is 0 Å². The summed E-state index contributed by atoms with van der Waals surface area (Å²) in [6, 6.07) is 7.23. The summed E-state index contributed by atoms with van der Waals surface area (Å²) in [6.45, 7) is 4.47. The van der Waals surface area contributed by atoms with Crippen molar-refractivity contribution in [2.75, 3.05) is 0 Å². The Morgan fingerprint density at radius 2 is 2.05 bits per heavy atom. The maximum absolute atomic E-state index is 12.0. The molecule has 1 N–H and O–H groups in total. The van der Waals surface area contributed by atoms with Crippen molar-refractivity contribution in [2.45, 2.75) is 44.0 Å². The Kier molecular flexibility index (Phi) is 2.71. The highest BCUT2D eigenvalue weighted by atomic mass is 32.2. The first kappa shape index (κ1) is 12.7. The van der Waals surface area contributed by atoms with Gasteiger partial charge in [-0.15, -0.1) is 0 Å². The molecule has 102 valence electrons. The molecule has 1 aromatic rings. The smallest absolute Gasteiger partial charge is 0.263 e. The number of nitrogens with one attached hydrogen (secondary N) is 1. The van der Waals surface area contributed by atoms with Crippen molar-refractivity contribution < 1.29 is 8.42 Å². The topological polar surface area (TPSA) is 58.5 Å². The second-order valence-electron chi connectivity index (χ2n) is 6.14. The van der Waals surface area contributed by atoms with Crippen LogP contribution in [0.15, 0.2) is 34.2 Å². The molecule has 0 spiro atoms. The Balaban J connectivity index is 1.96. The van der Waals surface area contributed by atoms with Crippen molar-refractivity contribution in [1.29, 1.82) is 0 Å². The van der Waals surface area contributed by atoms with Crippen molar-refractivity contribution in [3.63, 3.8) is 0 Å². The molecule has 1 aliphatic heterocycles. The number of hydrogen-bond donors (Lipinski definition) is 1. The summed E-state index contributed by atoms with van der Waals surface area (Å²) in [5.74, 6) is 0.512. The van der Waals surface area contributed by atoms with Crippen LogP contribution in [0.3, 0.4) is 0 Å². The molecule has 1 atom stereocenters. The van der Waals surface area contributed by atoms with Gasteiger partial charge in [-0.05, 0) is 36.8 Å². The van der Waals surface area contributed by atoms with Crippen LogP contribution in [0.4, 0.5) is 0 Å². The number of nitrogens with zero attached hydrogens (tertiary/aromatic N) is 1. The van der Waals surface area contributed by atoms with E-state index in [1.807, 2.05) is 12.1 Å². The van der Waals surface area contributed by atoms with Gasteiger partial charge in [0.1, 0.15) is 5.84 Å². The van der Waals surface area contributed by atoms with E-state index in [1.54, 1.807) is 12.1 Å². The molecule has 1 saturated carbocycles. The number of amidine groups is 1. The third-order valence-corrected chi connectivity index (χ3v) is 5.31. The molecule has 0 saturated heterocycles. The van der Waals surface area contributed by atoms with Crippen LogP contribution in [0.25, 0.3) is 0 Å². The molecule has 4 nitrogen and oxygen atoms in total. The van der Waals surface area contributed by atoms with Crippen molar-refractivity contribution in [3.05, 3.63) is 29.8 Å². The predicted octanol–water partition coefficient (Wildman–Crippen LogP) is 2.30. The van der Waals surface area contributed by atoms with E-state index >= 15 is 0 Å². The van der Waals surface area contributed by atoms with Crippen LogP contribution in [0.5, 0.6) is 0 Å². The highest BCUT2D eigenvalue weighted by molar-refractivity contribution is 7.90. The summed E-state index contributed by atoms with van der Waals surface area (Å²) in [6.07, 6.45) is 3.18. The lowest BCUT2D eigenvalue weighted by Crippen LogP contribution is -2.23. The van der Waals surface area contributed by atoms with E-state index in [1.165, 1.54) is 0 Å². The van der Waals surface area contributed by atoms with Crippen molar-refractivity contribution in [2.24, 2.45) is 10.4 Å². The Hall–Kier alpha value is -1.36. The van der Waals surface area contributed by atoms with Crippen LogP contribution < -0.4 is 4.72 Å². The molecule has 5 heteroatoms. The van der Waals surface area contributed by atoms with Gasteiger partial charge in [0.25, 0.3) is 10.0 Å². The molecule has 1 aliphatic carbocycles. The van der Waals surface area contributed by atoms with Crippen LogP contribution in [0, 0.1) is 5.41 Å². The van der Waals surface area contributed by atoms with Gasteiger partial charge in [0.15, 0.2) is 0 Å². The van der Waals surface area contributed by atoms with Crippen molar-refractivity contribution in [3.8, 4) is 0 Å². The molecule has 1 heterocycles. The molecule has 3 rings (SSSR count). The molecule has 0 amide bonds. The lowest BCUT2D eigenvalue weighted by atomic mass is 9.92. The summed E-state index contributed by atoms with van der Waals surface area (Å²) in [5, 5.41) is 0. The van der Waals surface area contributed by atoms with E-state index in [2.05, 4.69) is 23.6 Å². The predicted molar refractivity (Wildman–Crippen MR) is 74.7 cm³/mol. The number of fused-ring (bicyclic) bond motifs is 1. The fourth-order valence-electron chi connectivity index (χ4n) is 2.92. The van der Waals surface area contributed by atoms with Gasteiger partial charge >= 0.3 is 0 Å². The first-order chi connectivity index (χ1) is 8.87. The number of hydrogen-bond acceptors (Lipinski definition) is 3. The summed E-state index contributed by atoms with van der Waals surface area (Å²) >= 11 is 0. The quantitative estimate of drug-likeness (QED) is 0.857. The third-order valence-electron chi connectivity index (χ3n) is 3.92. The zero-order chi connectivity index (χ0) is 13.7. The van der Waals surface area contributed by atoms with Crippen molar-refractivity contribution >= 4 is 15.9 Å². The van der Waals surface area contributed by atoms with Gasteiger partial charge < -0.3 is 0 Å². The maximum atomic E-state index is 12.0. The second-order valence-corrected chi connectivity index (χ2v) is 7.79. The Morgan fingerprint density at radius 3 is 2.74 bits per heavy atom. The molecule has 1 aromatic carbocycles. The molecule has 0 bridgehead atoms. The van der Waals surface area contributed by atoms with Gasteiger partial charge in [-0.2, -0.15) is 0 Å². The minimum absolute atomic E-state index is 0.221. The monoisotopic (exact) mass is 278 g/mol. The highest BCUT2D eigenvalue weighted by Crippen LogP contribution is 2.39. The number of rotatable bonds is 1. The average molecular weight is 278 g/mol. The largest absolute Gasteiger partial charge is 0.264 e. The Morgan fingerprint density at radius 1 is 1.32 bits per heavy atom. The van der Waals surface area contributed by atoms with E-state index < -0.39 is 10.0 Å². The van der Waals surface area contributed by atoms with Crippen LogP contribution in [-0.4, -0.2) is 20.3 Å². The normalized spacial score (nSPS) is 29.2. The standard InChI is InChI=1S/C14H18N2O2S/c1-14(2)8-7-10(9-14)15-13-11-5-3-4-6-12(11)19(17,18)16-13/h3-6,10H,7-9H2,1-2H3,(H,15,16). The lowest BCUT2D eigenvalue weighted by Gasteiger charge is -2.15. The summed E-state index contributed by atoms with van der Waals surface area (Å²) in [7, 11) is -3.41. The van der Waals surface area contributed by atoms with Gasteiger partial charge in [-0.3, -0.25) is 9.71 Å². The highest BCUT2D eigenvalue weighted by Gasteiger charge is 2.34.